The van der Waals surface area contributed by atoms with Crippen molar-refractivity contribution in [2.24, 2.45) is 0 Å². The summed E-state index contributed by atoms with van der Waals surface area (Å²) in [7, 11) is 0. The number of rotatable bonds is 60. The normalized spacial score (nSPS) is 12.3. The van der Waals surface area contributed by atoms with Crippen LogP contribution in [0.5, 0.6) is 0 Å². The zero-order valence-electron chi connectivity index (χ0n) is 49.6. The zero-order chi connectivity index (χ0) is 53.6. The summed E-state index contributed by atoms with van der Waals surface area (Å²) in [5.74, 6) is -0.887. The van der Waals surface area contributed by atoms with Gasteiger partial charge in [0.05, 0.1) is 0 Å². The average Bonchev–Trinajstić information content (AvgIpc) is 3.40. The summed E-state index contributed by atoms with van der Waals surface area (Å²) in [4.78, 5) is 37.8. The number of hydrogen-bond donors (Lipinski definition) is 0. The number of carbonyl (C=O) groups is 3. The number of carbonyl (C=O) groups excluding carboxylic acids is 3. The van der Waals surface area contributed by atoms with Gasteiger partial charge in [-0.15, -0.1) is 0 Å². The highest BCUT2D eigenvalue weighted by Crippen LogP contribution is 2.17. The Hall–Kier alpha value is -2.63. The Morgan fingerprint density at radius 2 is 0.486 bits per heavy atom. The second-order valence-corrected chi connectivity index (χ2v) is 22.0. The third kappa shape index (κ3) is 60.2. The predicted molar refractivity (Wildman–Crippen MR) is 321 cm³/mol. The summed E-state index contributed by atoms with van der Waals surface area (Å²) < 4.78 is 16.7. The maximum Gasteiger partial charge on any atom is 0.306 e. The minimum absolute atomic E-state index is 0.0752. The first-order valence-corrected chi connectivity index (χ1v) is 32.6. The molecule has 1 unspecified atom stereocenters. The molecule has 0 aromatic rings. The van der Waals surface area contributed by atoms with Crippen LogP contribution < -0.4 is 0 Å². The van der Waals surface area contributed by atoms with Crippen LogP contribution >= 0.6 is 0 Å². The minimum Gasteiger partial charge on any atom is -0.462 e. The molecule has 0 aromatic carbocycles. The van der Waals surface area contributed by atoms with Crippen molar-refractivity contribution in [2.75, 3.05) is 13.2 Å². The van der Waals surface area contributed by atoms with Gasteiger partial charge in [-0.3, -0.25) is 14.4 Å². The molecule has 0 aliphatic heterocycles. The first-order valence-electron chi connectivity index (χ1n) is 32.6. The molecule has 74 heavy (non-hydrogen) atoms. The van der Waals surface area contributed by atoms with E-state index in [0.29, 0.717) is 19.3 Å². The number of ether oxygens (including phenoxy) is 3. The SMILES string of the molecule is CCCCCC/C=C\C/C=C\CCCCCCCC(=O)OC(COC(=O)CCCCCCC)COC(=O)CCCCCCCCCCCCCCCCCCCCCCCCC/C=C\C/C=C\CCCCCCC. The first-order chi connectivity index (χ1) is 36.5. The van der Waals surface area contributed by atoms with Gasteiger partial charge in [-0.1, -0.05) is 294 Å². The van der Waals surface area contributed by atoms with E-state index >= 15 is 0 Å². The second-order valence-electron chi connectivity index (χ2n) is 22.0. The van der Waals surface area contributed by atoms with Gasteiger partial charge in [0.2, 0.25) is 0 Å². The summed E-state index contributed by atoms with van der Waals surface area (Å²) >= 11 is 0. The van der Waals surface area contributed by atoms with Crippen molar-refractivity contribution in [1.82, 2.24) is 0 Å². The third-order valence-electron chi connectivity index (χ3n) is 14.6. The molecule has 0 radical (unpaired) electrons. The number of unbranched alkanes of at least 4 members (excludes halogenated alkanes) is 41. The molecule has 0 amide bonds. The standard InChI is InChI=1S/C68H124O6/c1-4-7-10-13-15-17-19-21-23-25-26-27-28-29-30-31-32-33-34-35-36-37-38-39-40-41-42-43-45-46-48-50-52-55-58-61-67(70)73-64-65(63-72-66(69)60-57-54-12-9-6-3)74-68(71)62-59-56-53-51-49-47-44-24-22-20-18-16-14-11-8-5-2/h18-21,24-26,44,65H,4-17,22-23,27-43,45-64H2,1-3H3/b20-18-,21-19-,26-25-,44-24-. The lowest BCUT2D eigenvalue weighted by Crippen LogP contribution is -2.30. The van der Waals surface area contributed by atoms with Crippen LogP contribution in [0.2, 0.25) is 0 Å². The van der Waals surface area contributed by atoms with Crippen LogP contribution in [-0.4, -0.2) is 37.2 Å². The molecular formula is C68H124O6. The number of allylic oxidation sites excluding steroid dienone is 8. The summed E-state index contributed by atoms with van der Waals surface area (Å²) in [6.07, 6.45) is 79.1. The van der Waals surface area contributed by atoms with Crippen molar-refractivity contribution < 1.29 is 28.6 Å². The molecular weight excluding hydrogens is 913 g/mol. The summed E-state index contributed by atoms with van der Waals surface area (Å²) in [5, 5.41) is 0. The lowest BCUT2D eigenvalue weighted by Gasteiger charge is -2.18. The van der Waals surface area contributed by atoms with Crippen LogP contribution in [0.25, 0.3) is 0 Å². The molecule has 0 aromatic heterocycles. The van der Waals surface area contributed by atoms with Crippen LogP contribution in [0.3, 0.4) is 0 Å². The van der Waals surface area contributed by atoms with Gasteiger partial charge in [0.1, 0.15) is 13.2 Å². The molecule has 0 saturated carbocycles. The molecule has 0 aliphatic carbocycles. The predicted octanol–water partition coefficient (Wildman–Crippen LogP) is 22.2. The van der Waals surface area contributed by atoms with Crippen LogP contribution in [0.15, 0.2) is 48.6 Å². The minimum atomic E-state index is -0.774. The van der Waals surface area contributed by atoms with Crippen molar-refractivity contribution in [3.63, 3.8) is 0 Å². The van der Waals surface area contributed by atoms with Crippen molar-refractivity contribution in [3.8, 4) is 0 Å². The number of hydrogen-bond acceptors (Lipinski definition) is 6. The smallest absolute Gasteiger partial charge is 0.306 e. The van der Waals surface area contributed by atoms with Gasteiger partial charge in [-0.05, 0) is 83.5 Å². The highest BCUT2D eigenvalue weighted by Gasteiger charge is 2.19. The van der Waals surface area contributed by atoms with Crippen LogP contribution in [0.1, 0.15) is 348 Å². The molecule has 0 heterocycles. The molecule has 0 rings (SSSR count). The fourth-order valence-electron chi connectivity index (χ4n) is 9.62. The maximum atomic E-state index is 12.8. The van der Waals surface area contributed by atoms with Gasteiger partial charge in [0, 0.05) is 19.3 Å². The highest BCUT2D eigenvalue weighted by atomic mass is 16.6. The molecule has 0 N–H and O–H groups in total. The van der Waals surface area contributed by atoms with Gasteiger partial charge in [-0.25, -0.2) is 0 Å². The second kappa shape index (κ2) is 62.9. The Balaban J connectivity index is 3.87. The van der Waals surface area contributed by atoms with Crippen molar-refractivity contribution >= 4 is 17.9 Å². The Kier molecular flexibility index (Phi) is 60.7. The Morgan fingerprint density at radius 1 is 0.270 bits per heavy atom. The van der Waals surface area contributed by atoms with Gasteiger partial charge < -0.3 is 14.2 Å². The fourth-order valence-corrected chi connectivity index (χ4v) is 9.62. The van der Waals surface area contributed by atoms with E-state index in [2.05, 4.69) is 69.4 Å². The van der Waals surface area contributed by atoms with E-state index in [1.165, 1.54) is 212 Å². The molecule has 6 heteroatoms. The van der Waals surface area contributed by atoms with Gasteiger partial charge >= 0.3 is 17.9 Å². The summed E-state index contributed by atoms with van der Waals surface area (Å²) in [6, 6.07) is 0. The van der Waals surface area contributed by atoms with Crippen LogP contribution in [0, 0.1) is 0 Å². The van der Waals surface area contributed by atoms with Crippen LogP contribution in [0.4, 0.5) is 0 Å². The molecule has 0 aliphatic rings. The lowest BCUT2D eigenvalue weighted by atomic mass is 10.0. The third-order valence-corrected chi connectivity index (χ3v) is 14.6. The zero-order valence-corrected chi connectivity index (χ0v) is 49.6. The Morgan fingerprint density at radius 3 is 0.757 bits per heavy atom. The highest BCUT2D eigenvalue weighted by molar-refractivity contribution is 5.71. The molecule has 0 spiro atoms. The summed E-state index contributed by atoms with van der Waals surface area (Å²) in [6.45, 7) is 6.55. The molecule has 0 saturated heterocycles. The lowest BCUT2D eigenvalue weighted by molar-refractivity contribution is -0.167. The van der Waals surface area contributed by atoms with E-state index in [4.69, 9.17) is 14.2 Å². The molecule has 432 valence electrons. The molecule has 0 bridgehead atoms. The van der Waals surface area contributed by atoms with Gasteiger partial charge in [0.15, 0.2) is 6.10 Å². The monoisotopic (exact) mass is 1040 g/mol. The topological polar surface area (TPSA) is 78.9 Å². The van der Waals surface area contributed by atoms with E-state index in [-0.39, 0.29) is 31.1 Å². The van der Waals surface area contributed by atoms with E-state index in [0.717, 1.165) is 96.3 Å². The van der Waals surface area contributed by atoms with Crippen molar-refractivity contribution in [1.29, 1.82) is 0 Å². The fraction of sp³-hybridized carbons (Fsp3) is 0.838. The van der Waals surface area contributed by atoms with Gasteiger partial charge in [0.25, 0.3) is 0 Å². The molecule has 6 nitrogen and oxygen atoms in total. The van der Waals surface area contributed by atoms with E-state index < -0.39 is 6.10 Å². The summed E-state index contributed by atoms with van der Waals surface area (Å²) in [5.41, 5.74) is 0. The first kappa shape index (κ1) is 71.4. The van der Waals surface area contributed by atoms with Crippen molar-refractivity contribution in [2.45, 2.75) is 354 Å². The van der Waals surface area contributed by atoms with E-state index in [9.17, 15) is 14.4 Å². The largest absolute Gasteiger partial charge is 0.462 e. The van der Waals surface area contributed by atoms with E-state index in [1.54, 1.807) is 0 Å². The van der Waals surface area contributed by atoms with E-state index in [1.807, 2.05) is 0 Å². The van der Waals surface area contributed by atoms with Crippen LogP contribution in [-0.2, 0) is 28.6 Å². The Bertz CT molecular complexity index is 1280. The van der Waals surface area contributed by atoms with Crippen molar-refractivity contribution in [3.05, 3.63) is 48.6 Å². The van der Waals surface area contributed by atoms with Gasteiger partial charge in [-0.2, -0.15) is 0 Å². The molecule has 0 fully saturated rings. The quantitative estimate of drug-likeness (QED) is 0.0261. The Labute approximate surface area is 460 Å². The number of esters is 3. The maximum absolute atomic E-state index is 12.8. The average molecular weight is 1040 g/mol. The molecule has 1 atom stereocenters.